The number of aromatic nitrogens is 1. The van der Waals surface area contributed by atoms with Gasteiger partial charge in [0.25, 0.3) is 0 Å². The summed E-state index contributed by atoms with van der Waals surface area (Å²) >= 11 is 1.70. The van der Waals surface area contributed by atoms with Gasteiger partial charge in [0.05, 0.1) is 10.7 Å². The summed E-state index contributed by atoms with van der Waals surface area (Å²) in [5, 5.41) is 3.24. The van der Waals surface area contributed by atoms with Crippen molar-refractivity contribution in [2.24, 2.45) is 5.92 Å². The first kappa shape index (κ1) is 9.46. The normalized spacial score (nSPS) is 12.6. The summed E-state index contributed by atoms with van der Waals surface area (Å²) in [6.45, 7) is 8.59. The summed E-state index contributed by atoms with van der Waals surface area (Å²) in [7, 11) is 0. The zero-order valence-electron chi connectivity index (χ0n) is 8.09. The van der Waals surface area contributed by atoms with Crippen molar-refractivity contribution in [3.05, 3.63) is 21.7 Å². The first-order chi connectivity index (χ1) is 5.59. The molecule has 0 aliphatic carbocycles. The highest BCUT2D eigenvalue weighted by atomic mass is 32.1. The van der Waals surface area contributed by atoms with Gasteiger partial charge < -0.3 is 0 Å². The SMILES string of the molecule is C/C(=C\c1csc(C)n1)C(C)C. The van der Waals surface area contributed by atoms with E-state index in [2.05, 4.69) is 37.2 Å². The summed E-state index contributed by atoms with van der Waals surface area (Å²) in [6, 6.07) is 0. The quantitative estimate of drug-likeness (QED) is 0.680. The van der Waals surface area contributed by atoms with Gasteiger partial charge in [0.15, 0.2) is 0 Å². The van der Waals surface area contributed by atoms with Gasteiger partial charge in [-0.2, -0.15) is 0 Å². The third-order valence-electron chi connectivity index (χ3n) is 1.92. The van der Waals surface area contributed by atoms with Crippen molar-refractivity contribution < 1.29 is 0 Å². The molecule has 0 atom stereocenters. The van der Waals surface area contributed by atoms with Crippen molar-refractivity contribution in [2.75, 3.05) is 0 Å². The fourth-order valence-corrected chi connectivity index (χ4v) is 1.42. The van der Waals surface area contributed by atoms with Crippen LogP contribution in [0, 0.1) is 12.8 Å². The van der Waals surface area contributed by atoms with E-state index >= 15 is 0 Å². The minimum atomic E-state index is 0.618. The maximum absolute atomic E-state index is 4.38. The zero-order valence-corrected chi connectivity index (χ0v) is 8.90. The zero-order chi connectivity index (χ0) is 9.14. The van der Waals surface area contributed by atoms with Crippen LogP contribution in [-0.2, 0) is 0 Å². The molecule has 0 fully saturated rings. The molecule has 1 rings (SSSR count). The molecular weight excluding hydrogens is 166 g/mol. The number of allylic oxidation sites excluding steroid dienone is 1. The Hall–Kier alpha value is -0.630. The van der Waals surface area contributed by atoms with Gasteiger partial charge in [0.1, 0.15) is 0 Å². The minimum absolute atomic E-state index is 0.618. The summed E-state index contributed by atoms with van der Waals surface area (Å²) in [5.41, 5.74) is 2.49. The maximum Gasteiger partial charge on any atom is 0.0901 e. The van der Waals surface area contributed by atoms with Crippen LogP contribution in [0.1, 0.15) is 31.5 Å². The van der Waals surface area contributed by atoms with E-state index in [4.69, 9.17) is 0 Å². The molecule has 1 aromatic heterocycles. The van der Waals surface area contributed by atoms with E-state index in [0.717, 1.165) is 10.7 Å². The number of hydrogen-bond acceptors (Lipinski definition) is 2. The first-order valence-corrected chi connectivity index (χ1v) is 5.08. The molecule has 0 saturated carbocycles. The van der Waals surface area contributed by atoms with Gasteiger partial charge in [-0.1, -0.05) is 19.4 Å². The third kappa shape index (κ3) is 2.45. The lowest BCUT2D eigenvalue weighted by atomic mass is 10.0. The number of thiazole rings is 1. The average molecular weight is 181 g/mol. The van der Waals surface area contributed by atoms with Crippen molar-refractivity contribution in [1.29, 1.82) is 0 Å². The monoisotopic (exact) mass is 181 g/mol. The Morgan fingerprint density at radius 3 is 2.67 bits per heavy atom. The van der Waals surface area contributed by atoms with E-state index in [9.17, 15) is 0 Å². The molecule has 0 saturated heterocycles. The third-order valence-corrected chi connectivity index (χ3v) is 2.71. The van der Waals surface area contributed by atoms with Crippen LogP contribution in [-0.4, -0.2) is 4.98 Å². The minimum Gasteiger partial charge on any atom is -0.242 e. The lowest BCUT2D eigenvalue weighted by Gasteiger charge is -2.02. The van der Waals surface area contributed by atoms with Crippen LogP contribution in [0.25, 0.3) is 6.08 Å². The van der Waals surface area contributed by atoms with E-state index < -0.39 is 0 Å². The van der Waals surface area contributed by atoms with E-state index in [0.29, 0.717) is 5.92 Å². The predicted octanol–water partition coefficient (Wildman–Crippen LogP) is 3.51. The van der Waals surface area contributed by atoms with Crippen LogP contribution in [0.5, 0.6) is 0 Å². The van der Waals surface area contributed by atoms with Crippen LogP contribution >= 0.6 is 11.3 Å². The van der Waals surface area contributed by atoms with Crippen LogP contribution in [0.15, 0.2) is 11.0 Å². The Bertz CT molecular complexity index is 284. The predicted molar refractivity (Wildman–Crippen MR) is 55.3 cm³/mol. The second kappa shape index (κ2) is 3.85. The van der Waals surface area contributed by atoms with Crippen LogP contribution in [0.2, 0.25) is 0 Å². The second-order valence-electron chi connectivity index (χ2n) is 3.33. The van der Waals surface area contributed by atoms with Crippen molar-refractivity contribution in [2.45, 2.75) is 27.7 Å². The van der Waals surface area contributed by atoms with Gasteiger partial charge in [0, 0.05) is 5.38 Å². The fraction of sp³-hybridized carbons (Fsp3) is 0.500. The van der Waals surface area contributed by atoms with Gasteiger partial charge in [-0.3, -0.25) is 0 Å². The molecule has 0 aliphatic heterocycles. The fourth-order valence-electron chi connectivity index (χ4n) is 0.846. The van der Waals surface area contributed by atoms with Crippen molar-refractivity contribution in [3.63, 3.8) is 0 Å². The van der Waals surface area contributed by atoms with Crippen molar-refractivity contribution >= 4 is 17.4 Å². The Balaban J connectivity index is 2.80. The van der Waals surface area contributed by atoms with Crippen molar-refractivity contribution in [3.8, 4) is 0 Å². The lowest BCUT2D eigenvalue weighted by Crippen LogP contribution is -1.88. The Morgan fingerprint density at radius 2 is 2.25 bits per heavy atom. The molecule has 0 amide bonds. The molecule has 0 unspecified atom stereocenters. The molecule has 12 heavy (non-hydrogen) atoms. The lowest BCUT2D eigenvalue weighted by molar-refractivity contribution is 0.775. The molecule has 0 aromatic carbocycles. The highest BCUT2D eigenvalue weighted by Crippen LogP contribution is 2.15. The standard InChI is InChI=1S/C10H15NS/c1-7(2)8(3)5-10-6-12-9(4)11-10/h5-7H,1-4H3/b8-5+. The van der Waals surface area contributed by atoms with Gasteiger partial charge in [-0.25, -0.2) is 4.98 Å². The number of aryl methyl sites for hydroxylation is 1. The van der Waals surface area contributed by atoms with Crippen LogP contribution < -0.4 is 0 Å². The Morgan fingerprint density at radius 1 is 1.58 bits per heavy atom. The molecular formula is C10H15NS. The summed E-state index contributed by atoms with van der Waals surface area (Å²) in [5.74, 6) is 0.618. The van der Waals surface area contributed by atoms with E-state index in [1.807, 2.05) is 6.92 Å². The smallest absolute Gasteiger partial charge is 0.0901 e. The van der Waals surface area contributed by atoms with Crippen molar-refractivity contribution in [1.82, 2.24) is 4.98 Å². The van der Waals surface area contributed by atoms with E-state index in [1.54, 1.807) is 11.3 Å². The molecule has 1 nitrogen and oxygen atoms in total. The Kier molecular flexibility index (Phi) is 3.04. The molecule has 0 aliphatic rings. The molecule has 0 bridgehead atoms. The van der Waals surface area contributed by atoms with Gasteiger partial charge in [0.2, 0.25) is 0 Å². The molecule has 0 N–H and O–H groups in total. The summed E-state index contributed by atoms with van der Waals surface area (Å²) in [6.07, 6.45) is 2.16. The molecule has 1 heterocycles. The van der Waals surface area contributed by atoms with E-state index in [1.165, 1.54) is 5.57 Å². The highest BCUT2D eigenvalue weighted by Gasteiger charge is 1.98. The maximum atomic E-state index is 4.38. The molecule has 1 aromatic rings. The average Bonchev–Trinajstić information content (AvgIpc) is 2.35. The summed E-state index contributed by atoms with van der Waals surface area (Å²) < 4.78 is 0. The van der Waals surface area contributed by atoms with Crippen LogP contribution in [0.4, 0.5) is 0 Å². The van der Waals surface area contributed by atoms with E-state index in [-0.39, 0.29) is 0 Å². The highest BCUT2D eigenvalue weighted by molar-refractivity contribution is 7.09. The Labute approximate surface area is 78.2 Å². The molecule has 0 radical (unpaired) electrons. The van der Waals surface area contributed by atoms with Gasteiger partial charge in [-0.05, 0) is 25.8 Å². The number of nitrogens with zero attached hydrogens (tertiary/aromatic N) is 1. The summed E-state index contributed by atoms with van der Waals surface area (Å²) in [4.78, 5) is 4.38. The van der Waals surface area contributed by atoms with Gasteiger partial charge >= 0.3 is 0 Å². The molecule has 2 heteroatoms. The molecule has 66 valence electrons. The largest absolute Gasteiger partial charge is 0.242 e. The first-order valence-electron chi connectivity index (χ1n) is 4.20. The second-order valence-corrected chi connectivity index (χ2v) is 4.40. The van der Waals surface area contributed by atoms with Gasteiger partial charge in [-0.15, -0.1) is 11.3 Å². The molecule has 0 spiro atoms. The van der Waals surface area contributed by atoms with Crippen LogP contribution in [0.3, 0.4) is 0 Å². The number of hydrogen-bond donors (Lipinski definition) is 0. The number of rotatable bonds is 2. The topological polar surface area (TPSA) is 12.9 Å².